The van der Waals surface area contributed by atoms with Gasteiger partial charge in [0, 0.05) is 17.8 Å². The van der Waals surface area contributed by atoms with Crippen LogP contribution in [0.1, 0.15) is 56.5 Å². The standard InChI is InChI=1S/C16H23NO3S/c1-4-12-11-6-8-21-13(11)5-7-17(12)14(18)9-16(2,3)10-15(19)20/h6,8,12H,4-5,7,9-10H2,1-3H3,(H,19,20). The van der Waals surface area contributed by atoms with Gasteiger partial charge in [-0.15, -0.1) is 11.3 Å². The number of hydrogen-bond donors (Lipinski definition) is 1. The lowest BCUT2D eigenvalue weighted by molar-refractivity contribution is -0.141. The Morgan fingerprint density at radius 1 is 1.43 bits per heavy atom. The normalized spacial score (nSPS) is 18.4. The van der Waals surface area contributed by atoms with Gasteiger partial charge in [0.15, 0.2) is 0 Å². The molecule has 2 rings (SSSR count). The number of fused-ring (bicyclic) bond motifs is 1. The molecule has 1 unspecified atom stereocenters. The Balaban J connectivity index is 2.11. The van der Waals surface area contributed by atoms with Gasteiger partial charge in [-0.1, -0.05) is 20.8 Å². The summed E-state index contributed by atoms with van der Waals surface area (Å²) in [5.41, 5.74) is 0.772. The third-order valence-corrected chi connectivity index (χ3v) is 5.06. The highest BCUT2D eigenvalue weighted by Gasteiger charge is 2.33. The number of hydrogen-bond acceptors (Lipinski definition) is 3. The molecule has 5 heteroatoms. The van der Waals surface area contributed by atoms with Crippen molar-refractivity contribution < 1.29 is 14.7 Å². The van der Waals surface area contributed by atoms with Gasteiger partial charge in [-0.25, -0.2) is 0 Å². The van der Waals surface area contributed by atoms with Gasteiger partial charge in [0.2, 0.25) is 5.91 Å². The average Bonchev–Trinajstić information content (AvgIpc) is 2.83. The van der Waals surface area contributed by atoms with Gasteiger partial charge in [-0.3, -0.25) is 9.59 Å². The van der Waals surface area contributed by atoms with Crippen LogP contribution in [0.2, 0.25) is 0 Å². The predicted octanol–water partition coefficient (Wildman–Crippen LogP) is 3.47. The molecule has 1 aromatic rings. The number of aliphatic carboxylic acids is 1. The zero-order valence-electron chi connectivity index (χ0n) is 12.9. The van der Waals surface area contributed by atoms with Gasteiger partial charge in [-0.05, 0) is 35.3 Å². The third kappa shape index (κ3) is 3.64. The third-order valence-electron chi connectivity index (χ3n) is 4.06. The summed E-state index contributed by atoms with van der Waals surface area (Å²) in [4.78, 5) is 26.9. The summed E-state index contributed by atoms with van der Waals surface area (Å²) in [6, 6.07) is 2.27. The summed E-state index contributed by atoms with van der Waals surface area (Å²) in [6.45, 7) is 6.54. The number of amides is 1. The Morgan fingerprint density at radius 2 is 2.14 bits per heavy atom. The highest BCUT2D eigenvalue weighted by Crippen LogP contribution is 2.37. The van der Waals surface area contributed by atoms with Crippen molar-refractivity contribution in [3.8, 4) is 0 Å². The highest BCUT2D eigenvalue weighted by atomic mass is 32.1. The maximum absolute atomic E-state index is 12.6. The Bertz CT molecular complexity index is 535. The molecule has 1 N–H and O–H groups in total. The Labute approximate surface area is 129 Å². The van der Waals surface area contributed by atoms with Gasteiger partial charge in [0.25, 0.3) is 0 Å². The van der Waals surface area contributed by atoms with E-state index >= 15 is 0 Å². The largest absolute Gasteiger partial charge is 0.481 e. The Morgan fingerprint density at radius 3 is 2.76 bits per heavy atom. The molecule has 21 heavy (non-hydrogen) atoms. The first-order valence-corrected chi connectivity index (χ1v) is 8.29. The Hall–Kier alpha value is -1.36. The molecular formula is C16H23NO3S. The molecule has 0 aromatic carbocycles. The van der Waals surface area contributed by atoms with Crippen molar-refractivity contribution in [3.63, 3.8) is 0 Å². The molecule has 0 spiro atoms. The van der Waals surface area contributed by atoms with E-state index in [0.29, 0.717) is 0 Å². The highest BCUT2D eigenvalue weighted by molar-refractivity contribution is 7.10. The molecule has 1 aromatic heterocycles. The maximum atomic E-state index is 12.6. The van der Waals surface area contributed by atoms with Crippen molar-refractivity contribution >= 4 is 23.2 Å². The molecule has 1 amide bonds. The quantitative estimate of drug-likeness (QED) is 0.906. The fourth-order valence-corrected chi connectivity index (χ4v) is 4.05. The predicted molar refractivity (Wildman–Crippen MR) is 83.4 cm³/mol. The minimum Gasteiger partial charge on any atom is -0.481 e. The van der Waals surface area contributed by atoms with Crippen LogP contribution in [0.3, 0.4) is 0 Å². The van der Waals surface area contributed by atoms with E-state index in [1.54, 1.807) is 11.3 Å². The summed E-state index contributed by atoms with van der Waals surface area (Å²) >= 11 is 1.76. The van der Waals surface area contributed by atoms with Gasteiger partial charge < -0.3 is 10.0 Å². The van der Waals surface area contributed by atoms with Crippen LogP contribution in [-0.4, -0.2) is 28.4 Å². The van der Waals surface area contributed by atoms with Gasteiger partial charge in [-0.2, -0.15) is 0 Å². The molecule has 0 radical (unpaired) electrons. The molecule has 4 nitrogen and oxygen atoms in total. The van der Waals surface area contributed by atoms with Crippen molar-refractivity contribution in [2.24, 2.45) is 5.41 Å². The van der Waals surface area contributed by atoms with E-state index in [1.807, 2.05) is 18.7 Å². The van der Waals surface area contributed by atoms with Crippen molar-refractivity contribution in [3.05, 3.63) is 21.9 Å². The topological polar surface area (TPSA) is 57.6 Å². The summed E-state index contributed by atoms with van der Waals surface area (Å²) in [7, 11) is 0. The maximum Gasteiger partial charge on any atom is 0.303 e. The fourth-order valence-electron chi connectivity index (χ4n) is 3.12. The molecule has 1 aliphatic heterocycles. The first-order chi connectivity index (χ1) is 9.84. The minimum atomic E-state index is -0.849. The second-order valence-corrected chi connectivity index (χ2v) is 7.47. The first-order valence-electron chi connectivity index (χ1n) is 7.41. The van der Waals surface area contributed by atoms with Crippen LogP contribution in [0, 0.1) is 5.41 Å². The van der Waals surface area contributed by atoms with E-state index in [0.717, 1.165) is 19.4 Å². The fraction of sp³-hybridized carbons (Fsp3) is 0.625. The second kappa shape index (κ2) is 6.18. The van der Waals surface area contributed by atoms with Gasteiger partial charge in [0.05, 0.1) is 12.5 Å². The molecule has 0 bridgehead atoms. The lowest BCUT2D eigenvalue weighted by Crippen LogP contribution is -2.41. The summed E-state index contributed by atoms with van der Waals surface area (Å²) < 4.78 is 0. The van der Waals surface area contributed by atoms with E-state index < -0.39 is 11.4 Å². The molecule has 1 atom stereocenters. The molecule has 0 aliphatic carbocycles. The number of nitrogens with zero attached hydrogens (tertiary/aromatic N) is 1. The van der Waals surface area contributed by atoms with Crippen molar-refractivity contribution in [2.45, 2.75) is 52.5 Å². The molecule has 0 saturated carbocycles. The van der Waals surface area contributed by atoms with Crippen LogP contribution in [0.5, 0.6) is 0 Å². The van der Waals surface area contributed by atoms with E-state index in [-0.39, 0.29) is 24.8 Å². The molecule has 1 aliphatic rings. The van der Waals surface area contributed by atoms with E-state index in [9.17, 15) is 9.59 Å². The first kappa shape index (κ1) is 16.0. The van der Waals surface area contributed by atoms with Crippen molar-refractivity contribution in [1.82, 2.24) is 4.90 Å². The molecule has 116 valence electrons. The Kier molecular flexibility index (Phi) is 4.71. The number of carbonyl (C=O) groups excluding carboxylic acids is 1. The number of rotatable bonds is 5. The smallest absolute Gasteiger partial charge is 0.303 e. The molecular weight excluding hydrogens is 286 g/mol. The zero-order valence-corrected chi connectivity index (χ0v) is 13.7. The number of thiophene rings is 1. The van der Waals surface area contributed by atoms with Gasteiger partial charge >= 0.3 is 5.97 Å². The molecule has 0 fully saturated rings. The van der Waals surface area contributed by atoms with E-state index in [1.165, 1.54) is 10.4 Å². The minimum absolute atomic E-state index is 0.0209. The van der Waals surface area contributed by atoms with E-state index in [2.05, 4.69) is 18.4 Å². The number of carboxylic acid groups (broad SMARTS) is 1. The lowest BCUT2D eigenvalue weighted by atomic mass is 9.84. The van der Waals surface area contributed by atoms with Crippen LogP contribution in [0.4, 0.5) is 0 Å². The zero-order chi connectivity index (χ0) is 15.6. The number of carboxylic acids is 1. The summed E-state index contributed by atoms with van der Waals surface area (Å²) in [5, 5.41) is 11.0. The monoisotopic (exact) mass is 309 g/mol. The van der Waals surface area contributed by atoms with Crippen LogP contribution >= 0.6 is 11.3 Å². The summed E-state index contributed by atoms with van der Waals surface area (Å²) in [5.74, 6) is -0.774. The van der Waals surface area contributed by atoms with Crippen molar-refractivity contribution in [1.29, 1.82) is 0 Å². The van der Waals surface area contributed by atoms with Gasteiger partial charge in [0.1, 0.15) is 0 Å². The molecule has 0 saturated heterocycles. The SMILES string of the molecule is CCC1c2ccsc2CCN1C(=O)CC(C)(C)CC(=O)O. The van der Waals surface area contributed by atoms with Crippen LogP contribution in [0.15, 0.2) is 11.4 Å². The average molecular weight is 309 g/mol. The van der Waals surface area contributed by atoms with Crippen LogP contribution in [0.25, 0.3) is 0 Å². The lowest BCUT2D eigenvalue weighted by Gasteiger charge is -2.37. The van der Waals surface area contributed by atoms with Crippen LogP contribution in [-0.2, 0) is 16.0 Å². The van der Waals surface area contributed by atoms with Crippen molar-refractivity contribution in [2.75, 3.05) is 6.54 Å². The second-order valence-electron chi connectivity index (χ2n) is 6.47. The molecule has 2 heterocycles. The number of carbonyl (C=O) groups is 2. The van der Waals surface area contributed by atoms with Crippen LogP contribution < -0.4 is 0 Å². The summed E-state index contributed by atoms with van der Waals surface area (Å²) in [6.07, 6.45) is 2.12. The van der Waals surface area contributed by atoms with E-state index in [4.69, 9.17) is 5.11 Å².